The van der Waals surface area contributed by atoms with Gasteiger partial charge in [0.25, 0.3) is 0 Å². The molecule has 0 saturated heterocycles. The SMILES string of the molecule is Nc1sccc1C(=O)c1cccs1. The van der Waals surface area contributed by atoms with E-state index in [0.29, 0.717) is 10.6 Å². The third-order valence-corrected chi connectivity index (χ3v) is 3.30. The molecule has 2 N–H and O–H groups in total. The molecule has 0 bridgehead atoms. The van der Waals surface area contributed by atoms with Crippen molar-refractivity contribution in [1.82, 2.24) is 0 Å². The quantitative estimate of drug-likeness (QED) is 0.773. The Morgan fingerprint density at radius 3 is 2.62 bits per heavy atom. The minimum Gasteiger partial charge on any atom is -0.390 e. The Morgan fingerprint density at radius 2 is 2.08 bits per heavy atom. The Hall–Kier alpha value is -1.13. The lowest BCUT2D eigenvalue weighted by Gasteiger charge is -1.94. The molecule has 0 aliphatic rings. The molecule has 0 fully saturated rings. The predicted molar refractivity (Wildman–Crippen MR) is 56.5 cm³/mol. The summed E-state index contributed by atoms with van der Waals surface area (Å²) in [6.07, 6.45) is 0. The fourth-order valence-electron chi connectivity index (χ4n) is 1.05. The zero-order valence-electron chi connectivity index (χ0n) is 6.69. The van der Waals surface area contributed by atoms with Crippen LogP contribution in [0.4, 0.5) is 5.00 Å². The summed E-state index contributed by atoms with van der Waals surface area (Å²) in [5.41, 5.74) is 6.27. The molecule has 2 aromatic rings. The first-order chi connectivity index (χ1) is 6.29. The van der Waals surface area contributed by atoms with Crippen LogP contribution in [0.5, 0.6) is 0 Å². The highest BCUT2D eigenvalue weighted by atomic mass is 32.1. The molecule has 0 saturated carbocycles. The maximum Gasteiger partial charge on any atom is 0.205 e. The Kier molecular flexibility index (Phi) is 2.16. The first kappa shape index (κ1) is 8.47. The third kappa shape index (κ3) is 1.50. The number of rotatable bonds is 2. The summed E-state index contributed by atoms with van der Waals surface area (Å²) in [6, 6.07) is 5.44. The molecule has 0 spiro atoms. The Labute approximate surface area is 83.6 Å². The van der Waals surface area contributed by atoms with Crippen molar-refractivity contribution in [2.75, 3.05) is 5.73 Å². The van der Waals surface area contributed by atoms with Crippen LogP contribution in [-0.2, 0) is 0 Å². The van der Waals surface area contributed by atoms with Crippen LogP contribution in [0.2, 0.25) is 0 Å². The molecule has 2 nitrogen and oxygen atoms in total. The van der Waals surface area contributed by atoms with Gasteiger partial charge in [-0.15, -0.1) is 22.7 Å². The van der Waals surface area contributed by atoms with Crippen molar-refractivity contribution in [1.29, 1.82) is 0 Å². The van der Waals surface area contributed by atoms with Crippen molar-refractivity contribution < 1.29 is 4.79 Å². The van der Waals surface area contributed by atoms with E-state index in [2.05, 4.69) is 0 Å². The van der Waals surface area contributed by atoms with Crippen LogP contribution in [0.1, 0.15) is 15.2 Å². The van der Waals surface area contributed by atoms with E-state index in [4.69, 9.17) is 5.73 Å². The lowest BCUT2D eigenvalue weighted by molar-refractivity contribution is 0.104. The van der Waals surface area contributed by atoms with Crippen LogP contribution >= 0.6 is 22.7 Å². The molecular weight excluding hydrogens is 202 g/mol. The van der Waals surface area contributed by atoms with E-state index in [1.54, 1.807) is 6.07 Å². The summed E-state index contributed by atoms with van der Waals surface area (Å²) in [5.74, 6) is 0.0220. The monoisotopic (exact) mass is 209 g/mol. The van der Waals surface area contributed by atoms with Gasteiger partial charge in [0.15, 0.2) is 0 Å². The normalized spacial score (nSPS) is 10.2. The van der Waals surface area contributed by atoms with Crippen molar-refractivity contribution in [2.24, 2.45) is 0 Å². The lowest BCUT2D eigenvalue weighted by Crippen LogP contribution is -1.99. The second kappa shape index (κ2) is 3.32. The summed E-state index contributed by atoms with van der Waals surface area (Å²) in [5, 5.41) is 4.31. The molecule has 2 rings (SSSR count). The number of anilines is 1. The molecule has 13 heavy (non-hydrogen) atoms. The molecule has 2 heterocycles. The molecule has 2 aromatic heterocycles. The van der Waals surface area contributed by atoms with Gasteiger partial charge in [-0.1, -0.05) is 6.07 Å². The fraction of sp³-hybridized carbons (Fsp3) is 0. The molecule has 66 valence electrons. The maximum atomic E-state index is 11.7. The first-order valence-electron chi connectivity index (χ1n) is 3.70. The number of carbonyl (C=O) groups excluding carboxylic acids is 1. The van der Waals surface area contributed by atoms with E-state index in [1.807, 2.05) is 22.9 Å². The van der Waals surface area contributed by atoms with Gasteiger partial charge in [-0.05, 0) is 22.9 Å². The van der Waals surface area contributed by atoms with Crippen molar-refractivity contribution >= 4 is 33.5 Å². The van der Waals surface area contributed by atoms with Crippen LogP contribution in [0.15, 0.2) is 29.0 Å². The highest BCUT2D eigenvalue weighted by Crippen LogP contribution is 2.23. The van der Waals surface area contributed by atoms with Gasteiger partial charge in [0.2, 0.25) is 5.78 Å². The Morgan fingerprint density at radius 1 is 1.23 bits per heavy atom. The Balaban J connectivity index is 2.39. The molecule has 0 atom stereocenters. The van der Waals surface area contributed by atoms with Gasteiger partial charge in [0.05, 0.1) is 15.4 Å². The van der Waals surface area contributed by atoms with Crippen LogP contribution in [0, 0.1) is 0 Å². The third-order valence-electron chi connectivity index (χ3n) is 1.68. The average Bonchev–Trinajstić information content (AvgIpc) is 2.72. The summed E-state index contributed by atoms with van der Waals surface area (Å²) < 4.78 is 0. The first-order valence-corrected chi connectivity index (χ1v) is 5.46. The molecule has 0 aliphatic heterocycles. The van der Waals surface area contributed by atoms with Crippen LogP contribution < -0.4 is 5.73 Å². The van der Waals surface area contributed by atoms with Crippen molar-refractivity contribution in [2.45, 2.75) is 0 Å². The van der Waals surface area contributed by atoms with Crippen molar-refractivity contribution in [3.63, 3.8) is 0 Å². The van der Waals surface area contributed by atoms with E-state index in [-0.39, 0.29) is 5.78 Å². The maximum absolute atomic E-state index is 11.7. The lowest BCUT2D eigenvalue weighted by atomic mass is 10.2. The topological polar surface area (TPSA) is 43.1 Å². The summed E-state index contributed by atoms with van der Waals surface area (Å²) in [7, 11) is 0. The highest BCUT2D eigenvalue weighted by molar-refractivity contribution is 7.15. The molecular formula is C9H7NOS2. The minimum atomic E-state index is 0.0220. The number of hydrogen-bond acceptors (Lipinski definition) is 4. The predicted octanol–water partition coefficient (Wildman–Crippen LogP) is 2.62. The van der Waals surface area contributed by atoms with Crippen molar-refractivity contribution in [3.05, 3.63) is 39.4 Å². The van der Waals surface area contributed by atoms with Gasteiger partial charge in [-0.3, -0.25) is 4.79 Å². The second-order valence-electron chi connectivity index (χ2n) is 2.50. The van der Waals surface area contributed by atoms with E-state index >= 15 is 0 Å². The van der Waals surface area contributed by atoms with Gasteiger partial charge in [0, 0.05) is 0 Å². The largest absolute Gasteiger partial charge is 0.390 e. The fourth-order valence-corrected chi connectivity index (χ4v) is 2.37. The second-order valence-corrected chi connectivity index (χ2v) is 4.40. The highest BCUT2D eigenvalue weighted by Gasteiger charge is 2.13. The van der Waals surface area contributed by atoms with Crippen LogP contribution in [-0.4, -0.2) is 5.78 Å². The van der Waals surface area contributed by atoms with E-state index in [0.717, 1.165) is 4.88 Å². The zero-order chi connectivity index (χ0) is 9.26. The number of carbonyl (C=O) groups is 1. The molecule has 0 radical (unpaired) electrons. The summed E-state index contributed by atoms with van der Waals surface area (Å²) in [4.78, 5) is 12.5. The van der Waals surface area contributed by atoms with E-state index in [1.165, 1.54) is 22.7 Å². The molecule has 0 aliphatic carbocycles. The van der Waals surface area contributed by atoms with Crippen LogP contribution in [0.25, 0.3) is 0 Å². The van der Waals surface area contributed by atoms with Gasteiger partial charge in [0.1, 0.15) is 0 Å². The van der Waals surface area contributed by atoms with E-state index < -0.39 is 0 Å². The Bertz CT molecular complexity index is 417. The number of nitrogens with two attached hydrogens (primary N) is 1. The number of nitrogen functional groups attached to an aromatic ring is 1. The van der Waals surface area contributed by atoms with Crippen molar-refractivity contribution in [3.8, 4) is 0 Å². The van der Waals surface area contributed by atoms with Gasteiger partial charge >= 0.3 is 0 Å². The van der Waals surface area contributed by atoms with Crippen LogP contribution in [0.3, 0.4) is 0 Å². The summed E-state index contributed by atoms with van der Waals surface area (Å²) in [6.45, 7) is 0. The summed E-state index contributed by atoms with van der Waals surface area (Å²) >= 11 is 2.83. The number of thiophene rings is 2. The molecule has 0 unspecified atom stereocenters. The zero-order valence-corrected chi connectivity index (χ0v) is 8.32. The van der Waals surface area contributed by atoms with Gasteiger partial charge < -0.3 is 5.73 Å². The smallest absolute Gasteiger partial charge is 0.205 e. The molecule has 4 heteroatoms. The molecule has 0 aromatic carbocycles. The average molecular weight is 209 g/mol. The van der Waals surface area contributed by atoms with E-state index in [9.17, 15) is 4.79 Å². The molecule has 0 amide bonds. The van der Waals surface area contributed by atoms with Gasteiger partial charge in [-0.2, -0.15) is 0 Å². The number of ketones is 1. The van der Waals surface area contributed by atoms with Gasteiger partial charge in [-0.25, -0.2) is 0 Å². The minimum absolute atomic E-state index is 0.0220. The standard InChI is InChI=1S/C9H7NOS2/c10-9-6(3-5-13-9)8(11)7-2-1-4-12-7/h1-5H,10H2. The number of hydrogen-bond donors (Lipinski definition) is 1.